The SMILES string of the molecule is CC(N)C(Oc1cccc(CO)c1)c1cnn(C)c1. The number of aliphatic hydroxyl groups excluding tert-OH is 1. The number of benzene rings is 1. The zero-order valence-electron chi connectivity index (χ0n) is 11.2. The Morgan fingerprint density at radius 2 is 2.26 bits per heavy atom. The first kappa shape index (κ1) is 13.6. The van der Waals surface area contributed by atoms with Gasteiger partial charge in [-0.05, 0) is 24.6 Å². The molecule has 5 heteroatoms. The van der Waals surface area contributed by atoms with Gasteiger partial charge in [-0.1, -0.05) is 12.1 Å². The summed E-state index contributed by atoms with van der Waals surface area (Å²) in [6.45, 7) is 1.89. The van der Waals surface area contributed by atoms with Crippen molar-refractivity contribution < 1.29 is 9.84 Å². The lowest BCUT2D eigenvalue weighted by atomic mass is 10.1. The molecule has 0 saturated heterocycles. The largest absolute Gasteiger partial charge is 0.484 e. The second kappa shape index (κ2) is 5.86. The van der Waals surface area contributed by atoms with Crippen molar-refractivity contribution in [1.29, 1.82) is 0 Å². The molecular formula is C14H19N3O2. The summed E-state index contributed by atoms with van der Waals surface area (Å²) in [5, 5.41) is 13.3. The van der Waals surface area contributed by atoms with Gasteiger partial charge in [0.25, 0.3) is 0 Å². The molecule has 0 aliphatic heterocycles. The highest BCUT2D eigenvalue weighted by atomic mass is 16.5. The van der Waals surface area contributed by atoms with Crippen molar-refractivity contribution in [3.05, 3.63) is 47.8 Å². The molecule has 1 aromatic heterocycles. The van der Waals surface area contributed by atoms with E-state index in [9.17, 15) is 0 Å². The smallest absolute Gasteiger partial charge is 0.141 e. The number of nitrogens with zero attached hydrogens (tertiary/aromatic N) is 2. The summed E-state index contributed by atoms with van der Waals surface area (Å²) < 4.78 is 7.65. The first-order chi connectivity index (χ1) is 9.10. The first-order valence-electron chi connectivity index (χ1n) is 6.20. The predicted molar refractivity (Wildman–Crippen MR) is 72.6 cm³/mol. The molecule has 102 valence electrons. The van der Waals surface area contributed by atoms with Gasteiger partial charge in [0, 0.05) is 24.8 Å². The second-order valence-corrected chi connectivity index (χ2v) is 4.65. The fourth-order valence-electron chi connectivity index (χ4n) is 1.93. The number of nitrogens with two attached hydrogens (primary N) is 1. The lowest BCUT2D eigenvalue weighted by molar-refractivity contribution is 0.179. The van der Waals surface area contributed by atoms with Gasteiger partial charge < -0.3 is 15.6 Å². The Balaban J connectivity index is 2.21. The summed E-state index contributed by atoms with van der Waals surface area (Å²) in [6, 6.07) is 7.19. The van der Waals surface area contributed by atoms with E-state index < -0.39 is 0 Å². The molecule has 19 heavy (non-hydrogen) atoms. The number of hydrogen-bond acceptors (Lipinski definition) is 4. The third-order valence-corrected chi connectivity index (χ3v) is 2.87. The van der Waals surface area contributed by atoms with Crippen molar-refractivity contribution in [1.82, 2.24) is 9.78 Å². The highest BCUT2D eigenvalue weighted by molar-refractivity contribution is 5.29. The van der Waals surface area contributed by atoms with Crippen LogP contribution in [0.4, 0.5) is 0 Å². The molecule has 0 saturated carbocycles. The summed E-state index contributed by atoms with van der Waals surface area (Å²) in [4.78, 5) is 0. The molecule has 0 aliphatic carbocycles. The van der Waals surface area contributed by atoms with Crippen LogP contribution in [-0.4, -0.2) is 20.9 Å². The summed E-state index contributed by atoms with van der Waals surface area (Å²) >= 11 is 0. The van der Waals surface area contributed by atoms with Crippen LogP contribution in [0.2, 0.25) is 0 Å². The Kier molecular flexibility index (Phi) is 4.19. The Hall–Kier alpha value is -1.85. The number of aromatic nitrogens is 2. The maximum atomic E-state index is 9.13. The standard InChI is InChI=1S/C14H19N3O2/c1-10(15)14(12-7-16-17(2)8-12)19-13-5-3-4-11(6-13)9-18/h3-8,10,14,18H,9,15H2,1-2H3. The highest BCUT2D eigenvalue weighted by Crippen LogP contribution is 2.24. The topological polar surface area (TPSA) is 73.3 Å². The van der Waals surface area contributed by atoms with Crippen LogP contribution in [0.1, 0.15) is 24.2 Å². The van der Waals surface area contributed by atoms with Crippen molar-refractivity contribution in [3.63, 3.8) is 0 Å². The van der Waals surface area contributed by atoms with Crippen LogP contribution in [-0.2, 0) is 13.7 Å². The second-order valence-electron chi connectivity index (χ2n) is 4.65. The molecule has 5 nitrogen and oxygen atoms in total. The highest BCUT2D eigenvalue weighted by Gasteiger charge is 2.19. The third-order valence-electron chi connectivity index (χ3n) is 2.87. The van der Waals surface area contributed by atoms with Crippen LogP contribution in [0.15, 0.2) is 36.7 Å². The minimum Gasteiger partial charge on any atom is -0.484 e. The van der Waals surface area contributed by atoms with E-state index >= 15 is 0 Å². The summed E-state index contributed by atoms with van der Waals surface area (Å²) in [6.07, 6.45) is 3.39. The van der Waals surface area contributed by atoms with E-state index in [-0.39, 0.29) is 18.8 Å². The molecule has 3 N–H and O–H groups in total. The zero-order chi connectivity index (χ0) is 13.8. The monoisotopic (exact) mass is 261 g/mol. The van der Waals surface area contributed by atoms with Gasteiger partial charge in [0.2, 0.25) is 0 Å². The Labute approximate surface area is 112 Å². The molecule has 2 unspecified atom stereocenters. The molecule has 2 aromatic rings. The van der Waals surface area contributed by atoms with Crippen LogP contribution >= 0.6 is 0 Å². The lowest BCUT2D eigenvalue weighted by Crippen LogP contribution is -2.28. The number of rotatable bonds is 5. The average Bonchev–Trinajstić information content (AvgIpc) is 2.82. The summed E-state index contributed by atoms with van der Waals surface area (Å²) in [5.41, 5.74) is 7.73. The van der Waals surface area contributed by atoms with Crippen molar-refractivity contribution in [3.8, 4) is 5.75 Å². The van der Waals surface area contributed by atoms with E-state index in [1.807, 2.05) is 44.4 Å². The molecule has 1 heterocycles. The minimum atomic E-state index is -0.261. The Morgan fingerprint density at radius 1 is 1.47 bits per heavy atom. The molecule has 0 fully saturated rings. The molecule has 0 spiro atoms. The van der Waals surface area contributed by atoms with Crippen LogP contribution in [0, 0.1) is 0 Å². The average molecular weight is 261 g/mol. The van der Waals surface area contributed by atoms with Crippen molar-refractivity contribution in [2.24, 2.45) is 12.8 Å². The number of aliphatic hydroxyl groups is 1. The summed E-state index contributed by atoms with van der Waals surface area (Å²) in [7, 11) is 1.86. The van der Waals surface area contributed by atoms with E-state index in [1.54, 1.807) is 10.9 Å². The lowest BCUT2D eigenvalue weighted by Gasteiger charge is -2.21. The Morgan fingerprint density at radius 3 is 2.84 bits per heavy atom. The van der Waals surface area contributed by atoms with Gasteiger partial charge in [-0.3, -0.25) is 4.68 Å². The third kappa shape index (κ3) is 3.33. The van der Waals surface area contributed by atoms with Gasteiger partial charge in [0.1, 0.15) is 11.9 Å². The molecule has 2 rings (SSSR count). The van der Waals surface area contributed by atoms with E-state index in [1.165, 1.54) is 0 Å². The summed E-state index contributed by atoms with van der Waals surface area (Å²) in [5.74, 6) is 0.692. The van der Waals surface area contributed by atoms with Gasteiger partial charge in [-0.2, -0.15) is 5.10 Å². The van der Waals surface area contributed by atoms with E-state index in [0.717, 1.165) is 11.1 Å². The molecule has 0 bridgehead atoms. The van der Waals surface area contributed by atoms with Crippen molar-refractivity contribution in [2.45, 2.75) is 25.7 Å². The van der Waals surface area contributed by atoms with Crippen LogP contribution in [0.25, 0.3) is 0 Å². The fraction of sp³-hybridized carbons (Fsp3) is 0.357. The minimum absolute atomic E-state index is 0.00701. The van der Waals surface area contributed by atoms with Crippen molar-refractivity contribution >= 4 is 0 Å². The molecule has 0 amide bonds. The van der Waals surface area contributed by atoms with E-state index in [2.05, 4.69) is 5.10 Å². The number of aryl methyl sites for hydroxylation is 1. The van der Waals surface area contributed by atoms with E-state index in [4.69, 9.17) is 15.6 Å². The molecular weight excluding hydrogens is 242 g/mol. The number of ether oxygens (including phenoxy) is 1. The van der Waals surface area contributed by atoms with Gasteiger partial charge in [-0.15, -0.1) is 0 Å². The van der Waals surface area contributed by atoms with Crippen LogP contribution < -0.4 is 10.5 Å². The maximum absolute atomic E-state index is 9.13. The van der Waals surface area contributed by atoms with Crippen LogP contribution in [0.3, 0.4) is 0 Å². The van der Waals surface area contributed by atoms with Gasteiger partial charge in [0.15, 0.2) is 0 Å². The predicted octanol–water partition coefficient (Wildman–Crippen LogP) is 1.38. The van der Waals surface area contributed by atoms with Crippen molar-refractivity contribution in [2.75, 3.05) is 0 Å². The van der Waals surface area contributed by atoms with E-state index in [0.29, 0.717) is 5.75 Å². The number of hydrogen-bond donors (Lipinski definition) is 2. The molecule has 0 aliphatic rings. The Bertz CT molecular complexity index is 537. The van der Waals surface area contributed by atoms with Crippen LogP contribution in [0.5, 0.6) is 5.75 Å². The first-order valence-corrected chi connectivity index (χ1v) is 6.20. The van der Waals surface area contributed by atoms with Gasteiger partial charge in [-0.25, -0.2) is 0 Å². The van der Waals surface area contributed by atoms with Gasteiger partial charge >= 0.3 is 0 Å². The maximum Gasteiger partial charge on any atom is 0.141 e. The quantitative estimate of drug-likeness (QED) is 0.852. The van der Waals surface area contributed by atoms with Gasteiger partial charge in [0.05, 0.1) is 12.8 Å². The fourth-order valence-corrected chi connectivity index (χ4v) is 1.93. The normalized spacial score (nSPS) is 14.1. The molecule has 0 radical (unpaired) electrons. The zero-order valence-corrected chi connectivity index (χ0v) is 11.2. The molecule has 1 aromatic carbocycles. The molecule has 2 atom stereocenters.